The minimum Gasteiger partial charge on any atom is -0.373 e. The summed E-state index contributed by atoms with van der Waals surface area (Å²) >= 11 is 0. The van der Waals surface area contributed by atoms with Gasteiger partial charge >= 0.3 is 0 Å². The molecule has 0 bridgehead atoms. The zero-order valence-corrected chi connectivity index (χ0v) is 12.3. The molecule has 0 aliphatic heterocycles. The number of carbonyl (C=O) groups excluding carboxylic acids is 1. The third-order valence-electron chi connectivity index (χ3n) is 3.09. The Balaban J connectivity index is 2.62. The van der Waals surface area contributed by atoms with E-state index in [1.165, 1.54) is 0 Å². The molecular formula is C15H25N3O. The summed E-state index contributed by atoms with van der Waals surface area (Å²) in [5.41, 5.74) is 1.63. The van der Waals surface area contributed by atoms with Gasteiger partial charge in [0.25, 0.3) is 5.91 Å². The summed E-state index contributed by atoms with van der Waals surface area (Å²) in [5, 5.41) is 2.91. The monoisotopic (exact) mass is 263 g/mol. The Labute approximate surface area is 116 Å². The number of rotatable bonds is 8. The molecule has 0 saturated heterocycles. The van der Waals surface area contributed by atoms with Crippen LogP contribution in [0.1, 0.15) is 49.9 Å². The smallest absolute Gasteiger partial charge is 0.252 e. The van der Waals surface area contributed by atoms with Crippen molar-refractivity contribution >= 4 is 11.6 Å². The average molecular weight is 263 g/mol. The fourth-order valence-electron chi connectivity index (χ4n) is 1.77. The summed E-state index contributed by atoms with van der Waals surface area (Å²) in [6, 6.07) is 1.91. The Morgan fingerprint density at radius 1 is 1.26 bits per heavy atom. The van der Waals surface area contributed by atoms with E-state index in [0.29, 0.717) is 5.56 Å². The molecule has 0 atom stereocenters. The molecule has 0 fully saturated rings. The number of nitrogens with one attached hydrogen (secondary N) is 1. The van der Waals surface area contributed by atoms with Gasteiger partial charge in [0.1, 0.15) is 0 Å². The van der Waals surface area contributed by atoms with Crippen LogP contribution in [0.3, 0.4) is 0 Å². The van der Waals surface area contributed by atoms with E-state index >= 15 is 0 Å². The first-order chi connectivity index (χ1) is 9.19. The van der Waals surface area contributed by atoms with Crippen molar-refractivity contribution in [2.45, 2.75) is 39.5 Å². The molecule has 1 aromatic heterocycles. The molecule has 4 nitrogen and oxygen atoms in total. The summed E-state index contributed by atoms with van der Waals surface area (Å²) in [6.07, 6.45) is 7.82. The second-order valence-corrected chi connectivity index (χ2v) is 4.82. The van der Waals surface area contributed by atoms with Gasteiger partial charge in [-0.1, -0.05) is 26.7 Å². The maximum absolute atomic E-state index is 11.9. The Morgan fingerprint density at radius 2 is 2.00 bits per heavy atom. The molecule has 1 amide bonds. The van der Waals surface area contributed by atoms with E-state index in [2.05, 4.69) is 29.0 Å². The molecule has 1 aromatic rings. The number of aromatic nitrogens is 1. The van der Waals surface area contributed by atoms with Crippen molar-refractivity contribution < 1.29 is 4.79 Å². The number of hydrogen-bond acceptors (Lipinski definition) is 3. The van der Waals surface area contributed by atoms with Crippen LogP contribution in [0.4, 0.5) is 5.69 Å². The Kier molecular flexibility index (Phi) is 6.93. The van der Waals surface area contributed by atoms with Crippen molar-refractivity contribution in [1.82, 2.24) is 10.3 Å². The lowest BCUT2D eigenvalue weighted by Gasteiger charge is -2.19. The third-order valence-corrected chi connectivity index (χ3v) is 3.09. The number of carbonyl (C=O) groups is 1. The standard InChI is InChI=1S/C15H25N3O/c1-4-6-8-17-15(19)13-10-14(12-16-11-13)18(3)9-7-5-2/h10-12H,4-9H2,1-3H3,(H,17,19). The lowest BCUT2D eigenvalue weighted by Crippen LogP contribution is -2.25. The van der Waals surface area contributed by atoms with Crippen molar-refractivity contribution in [3.05, 3.63) is 24.0 Å². The molecule has 106 valence electrons. The van der Waals surface area contributed by atoms with Crippen LogP contribution < -0.4 is 10.2 Å². The highest BCUT2D eigenvalue weighted by atomic mass is 16.1. The Morgan fingerprint density at radius 3 is 2.68 bits per heavy atom. The van der Waals surface area contributed by atoms with Crippen molar-refractivity contribution in [1.29, 1.82) is 0 Å². The molecular weight excluding hydrogens is 238 g/mol. The van der Waals surface area contributed by atoms with Crippen LogP contribution in [0.25, 0.3) is 0 Å². The molecule has 0 unspecified atom stereocenters. The van der Waals surface area contributed by atoms with E-state index in [-0.39, 0.29) is 5.91 Å². The molecule has 0 saturated carbocycles. The van der Waals surface area contributed by atoms with Crippen molar-refractivity contribution in [3.8, 4) is 0 Å². The normalized spacial score (nSPS) is 10.3. The van der Waals surface area contributed by atoms with Crippen molar-refractivity contribution in [3.63, 3.8) is 0 Å². The van der Waals surface area contributed by atoms with Gasteiger partial charge in [0, 0.05) is 26.3 Å². The van der Waals surface area contributed by atoms with E-state index in [4.69, 9.17) is 0 Å². The molecule has 1 N–H and O–H groups in total. The molecule has 4 heteroatoms. The van der Waals surface area contributed by atoms with Crippen molar-refractivity contribution in [2.24, 2.45) is 0 Å². The lowest BCUT2D eigenvalue weighted by atomic mass is 10.2. The van der Waals surface area contributed by atoms with E-state index in [0.717, 1.165) is 44.5 Å². The zero-order chi connectivity index (χ0) is 14.1. The largest absolute Gasteiger partial charge is 0.373 e. The van der Waals surface area contributed by atoms with Gasteiger partial charge in [0.15, 0.2) is 0 Å². The summed E-state index contributed by atoms with van der Waals surface area (Å²) in [7, 11) is 2.03. The third kappa shape index (κ3) is 5.28. The van der Waals surface area contributed by atoms with Gasteiger partial charge in [-0.2, -0.15) is 0 Å². The summed E-state index contributed by atoms with van der Waals surface area (Å²) in [6.45, 7) is 5.99. The van der Waals surface area contributed by atoms with Gasteiger partial charge in [-0.25, -0.2) is 0 Å². The molecule has 1 rings (SSSR count). The van der Waals surface area contributed by atoms with Crippen LogP contribution in [-0.2, 0) is 0 Å². The van der Waals surface area contributed by atoms with Crippen LogP contribution >= 0.6 is 0 Å². The second-order valence-electron chi connectivity index (χ2n) is 4.82. The summed E-state index contributed by atoms with van der Waals surface area (Å²) in [4.78, 5) is 18.2. The van der Waals surface area contributed by atoms with Gasteiger partial charge in [0.05, 0.1) is 17.4 Å². The molecule has 0 spiro atoms. The first-order valence-corrected chi connectivity index (χ1v) is 7.13. The number of unbranched alkanes of at least 4 members (excludes halogenated alkanes) is 2. The molecule has 19 heavy (non-hydrogen) atoms. The highest BCUT2D eigenvalue weighted by Crippen LogP contribution is 2.13. The SMILES string of the molecule is CCCCNC(=O)c1cncc(N(C)CCCC)c1. The average Bonchev–Trinajstić information content (AvgIpc) is 2.45. The van der Waals surface area contributed by atoms with Crippen LogP contribution in [0, 0.1) is 0 Å². The quantitative estimate of drug-likeness (QED) is 0.734. The molecule has 0 aliphatic rings. The van der Waals surface area contributed by atoms with Crippen LogP contribution in [0.5, 0.6) is 0 Å². The summed E-state index contributed by atoms with van der Waals surface area (Å²) < 4.78 is 0. The number of anilines is 1. The van der Waals surface area contributed by atoms with Crippen molar-refractivity contribution in [2.75, 3.05) is 25.0 Å². The fraction of sp³-hybridized carbons (Fsp3) is 0.600. The number of hydrogen-bond donors (Lipinski definition) is 1. The molecule has 0 aromatic carbocycles. The van der Waals surface area contributed by atoms with Gasteiger partial charge in [-0.15, -0.1) is 0 Å². The van der Waals surface area contributed by atoms with E-state index in [1.54, 1.807) is 12.4 Å². The van der Waals surface area contributed by atoms with E-state index < -0.39 is 0 Å². The van der Waals surface area contributed by atoms with Crippen LogP contribution in [0.15, 0.2) is 18.5 Å². The van der Waals surface area contributed by atoms with E-state index in [9.17, 15) is 4.79 Å². The van der Waals surface area contributed by atoms with Gasteiger partial charge in [0.2, 0.25) is 0 Å². The van der Waals surface area contributed by atoms with Crippen LogP contribution in [-0.4, -0.2) is 31.0 Å². The minimum absolute atomic E-state index is 0.0355. The van der Waals surface area contributed by atoms with Crippen LogP contribution in [0.2, 0.25) is 0 Å². The van der Waals surface area contributed by atoms with E-state index in [1.807, 2.05) is 13.1 Å². The Hall–Kier alpha value is -1.58. The highest BCUT2D eigenvalue weighted by molar-refractivity contribution is 5.94. The maximum Gasteiger partial charge on any atom is 0.252 e. The predicted molar refractivity (Wildman–Crippen MR) is 79.7 cm³/mol. The second kappa shape index (κ2) is 8.51. The minimum atomic E-state index is -0.0355. The highest BCUT2D eigenvalue weighted by Gasteiger charge is 2.08. The first kappa shape index (κ1) is 15.5. The first-order valence-electron chi connectivity index (χ1n) is 7.13. The lowest BCUT2D eigenvalue weighted by molar-refractivity contribution is 0.0953. The van der Waals surface area contributed by atoms with Gasteiger partial charge < -0.3 is 10.2 Å². The zero-order valence-electron chi connectivity index (χ0n) is 12.3. The number of amides is 1. The molecule has 1 heterocycles. The number of pyridine rings is 1. The predicted octanol–water partition coefficient (Wildman–Crippen LogP) is 2.85. The molecule has 0 radical (unpaired) electrons. The molecule has 0 aliphatic carbocycles. The van der Waals surface area contributed by atoms with Gasteiger partial charge in [-0.05, 0) is 18.9 Å². The van der Waals surface area contributed by atoms with Gasteiger partial charge in [-0.3, -0.25) is 9.78 Å². The topological polar surface area (TPSA) is 45.2 Å². The fourth-order valence-corrected chi connectivity index (χ4v) is 1.77. The number of nitrogens with zero attached hydrogens (tertiary/aromatic N) is 2. The maximum atomic E-state index is 11.9. The Bertz CT molecular complexity index is 393. The summed E-state index contributed by atoms with van der Waals surface area (Å²) in [5.74, 6) is -0.0355.